The number of nitrogens with zero attached hydrogens (tertiary/aromatic N) is 4. The van der Waals surface area contributed by atoms with Crippen LogP contribution >= 0.6 is 22.9 Å². The lowest BCUT2D eigenvalue weighted by atomic mass is 10.1. The number of hydrogen-bond donors (Lipinski definition) is 1. The molecule has 22 heavy (non-hydrogen) atoms. The molecule has 6 nitrogen and oxygen atoms in total. The summed E-state index contributed by atoms with van der Waals surface area (Å²) < 4.78 is 3.97. The highest BCUT2D eigenvalue weighted by Gasteiger charge is 2.14. The average Bonchev–Trinajstić information content (AvgIpc) is 3.13. The Balaban J connectivity index is 1.85. The van der Waals surface area contributed by atoms with E-state index in [0.717, 1.165) is 21.8 Å². The molecule has 2 N–H and O–H groups in total. The van der Waals surface area contributed by atoms with Crippen LogP contribution in [0.25, 0.3) is 0 Å². The molecule has 0 atom stereocenters. The third kappa shape index (κ3) is 3.29. The van der Waals surface area contributed by atoms with Crippen molar-refractivity contribution in [3.05, 3.63) is 57.5 Å². The highest BCUT2D eigenvalue weighted by Crippen LogP contribution is 2.16. The largest absolute Gasteiger partial charge is 0.389 e. The molecule has 0 radical (unpaired) electrons. The summed E-state index contributed by atoms with van der Waals surface area (Å²) >= 11 is 2.71. The van der Waals surface area contributed by atoms with E-state index in [0.29, 0.717) is 10.8 Å². The van der Waals surface area contributed by atoms with Crippen molar-refractivity contribution in [2.75, 3.05) is 5.73 Å². The molecule has 0 saturated heterocycles. The van der Waals surface area contributed by atoms with Gasteiger partial charge >= 0.3 is 0 Å². The summed E-state index contributed by atoms with van der Waals surface area (Å²) in [7, 11) is 0. The first kappa shape index (κ1) is 14.6. The normalized spacial score (nSPS) is 11.6. The van der Waals surface area contributed by atoms with Crippen LogP contribution in [0, 0.1) is 6.92 Å². The van der Waals surface area contributed by atoms with Crippen LogP contribution in [0.1, 0.15) is 21.8 Å². The molecule has 2 heterocycles. The maximum atomic E-state index is 5.60. The van der Waals surface area contributed by atoms with Crippen molar-refractivity contribution >= 4 is 33.7 Å². The Hall–Kier alpha value is -2.32. The summed E-state index contributed by atoms with van der Waals surface area (Å²) in [4.78, 5) is 10.6. The van der Waals surface area contributed by atoms with E-state index >= 15 is 0 Å². The molecule has 0 aliphatic rings. The molecule has 112 valence electrons. The van der Waals surface area contributed by atoms with Gasteiger partial charge in [-0.05, 0) is 18.5 Å². The van der Waals surface area contributed by atoms with E-state index in [1.807, 2.05) is 42.6 Å². The van der Waals surface area contributed by atoms with Crippen LogP contribution < -0.4 is 5.73 Å². The monoisotopic (exact) mass is 331 g/mol. The Kier molecular flexibility index (Phi) is 4.40. The van der Waals surface area contributed by atoms with E-state index in [1.165, 1.54) is 22.9 Å². The van der Waals surface area contributed by atoms with Gasteiger partial charge in [-0.15, -0.1) is 16.4 Å². The van der Waals surface area contributed by atoms with Crippen molar-refractivity contribution in [1.29, 1.82) is 0 Å². The Labute approximate surface area is 135 Å². The smallest absolute Gasteiger partial charge is 0.180 e. The van der Waals surface area contributed by atoms with E-state index in [2.05, 4.69) is 19.7 Å². The lowest BCUT2D eigenvalue weighted by molar-refractivity contribution is 0.128. The van der Waals surface area contributed by atoms with Gasteiger partial charge in [0.15, 0.2) is 11.7 Å². The average molecular weight is 331 g/mol. The maximum Gasteiger partial charge on any atom is 0.180 e. The molecule has 2 aromatic heterocycles. The molecule has 0 amide bonds. The number of anilines is 1. The van der Waals surface area contributed by atoms with Crippen molar-refractivity contribution in [3.8, 4) is 0 Å². The Morgan fingerprint density at radius 1 is 1.32 bits per heavy atom. The number of hydrogen-bond acceptors (Lipinski definition) is 8. The quantitative estimate of drug-likeness (QED) is 0.574. The third-order valence-corrected chi connectivity index (χ3v) is 4.21. The molecule has 0 fully saturated rings. The second-order valence-electron chi connectivity index (χ2n) is 4.43. The fraction of sp³-hybridized carbons (Fsp3) is 0.143. The molecule has 0 saturated carbocycles. The third-order valence-electron chi connectivity index (χ3n) is 2.86. The molecular formula is C14H13N5OS2. The maximum absolute atomic E-state index is 5.60. The van der Waals surface area contributed by atoms with Gasteiger partial charge < -0.3 is 10.6 Å². The summed E-state index contributed by atoms with van der Waals surface area (Å²) in [6, 6.07) is 9.76. The van der Waals surface area contributed by atoms with Crippen LogP contribution in [0.5, 0.6) is 0 Å². The van der Waals surface area contributed by atoms with Crippen molar-refractivity contribution in [2.24, 2.45) is 5.16 Å². The first-order valence-corrected chi connectivity index (χ1v) is 8.14. The van der Waals surface area contributed by atoms with Gasteiger partial charge in [0.1, 0.15) is 11.4 Å². The first-order chi connectivity index (χ1) is 10.7. The van der Waals surface area contributed by atoms with Gasteiger partial charge in [0.05, 0.1) is 10.6 Å². The summed E-state index contributed by atoms with van der Waals surface area (Å²) in [6.07, 6.45) is 0. The highest BCUT2D eigenvalue weighted by atomic mass is 32.1. The van der Waals surface area contributed by atoms with Gasteiger partial charge in [-0.3, -0.25) is 0 Å². The van der Waals surface area contributed by atoms with Crippen molar-refractivity contribution in [1.82, 2.24) is 14.6 Å². The van der Waals surface area contributed by atoms with Crippen molar-refractivity contribution < 1.29 is 4.84 Å². The molecule has 3 rings (SSSR count). The summed E-state index contributed by atoms with van der Waals surface area (Å²) in [6.45, 7) is 2.22. The minimum atomic E-state index is 0.265. The topological polar surface area (TPSA) is 86.3 Å². The number of nitrogens with two attached hydrogens (primary N) is 1. The molecular weight excluding hydrogens is 318 g/mol. The molecule has 0 bridgehead atoms. The summed E-state index contributed by atoms with van der Waals surface area (Å²) in [5, 5.41) is 10.8. The lowest BCUT2D eigenvalue weighted by Gasteiger charge is -2.04. The zero-order valence-electron chi connectivity index (χ0n) is 11.8. The minimum absolute atomic E-state index is 0.265. The Morgan fingerprint density at radius 2 is 2.14 bits per heavy atom. The second kappa shape index (κ2) is 6.63. The van der Waals surface area contributed by atoms with Crippen molar-refractivity contribution in [3.63, 3.8) is 0 Å². The van der Waals surface area contributed by atoms with Gasteiger partial charge in [0, 0.05) is 10.9 Å². The van der Waals surface area contributed by atoms with Crippen LogP contribution in [0.2, 0.25) is 0 Å². The van der Waals surface area contributed by atoms with E-state index in [1.54, 1.807) is 0 Å². The number of oxime groups is 1. The van der Waals surface area contributed by atoms with Gasteiger partial charge in [-0.2, -0.15) is 0 Å². The van der Waals surface area contributed by atoms with E-state index in [4.69, 9.17) is 10.6 Å². The van der Waals surface area contributed by atoms with Crippen LogP contribution in [0.4, 0.5) is 5.13 Å². The van der Waals surface area contributed by atoms with Gasteiger partial charge in [0.2, 0.25) is 0 Å². The van der Waals surface area contributed by atoms with Gasteiger partial charge in [-0.25, -0.2) is 4.98 Å². The number of nitrogen functional groups attached to an aromatic ring is 1. The number of thiazole rings is 1. The van der Waals surface area contributed by atoms with E-state index < -0.39 is 0 Å². The highest BCUT2D eigenvalue weighted by molar-refractivity contribution is 7.13. The van der Waals surface area contributed by atoms with Crippen LogP contribution in [-0.4, -0.2) is 20.3 Å². The first-order valence-electron chi connectivity index (χ1n) is 6.48. The standard InChI is InChI=1S/C14H13N5OS2/c1-9-12(17-19-22-9)13(10-5-3-2-4-6-10)18-20-7-11-8-21-14(15)16-11/h2-6,8H,7H2,1H3,(H2,15,16). The number of rotatable bonds is 5. The summed E-state index contributed by atoms with van der Waals surface area (Å²) in [5.41, 5.74) is 8.67. The molecule has 0 aliphatic carbocycles. The fourth-order valence-corrected chi connectivity index (χ4v) is 2.85. The molecule has 0 spiro atoms. The van der Waals surface area contributed by atoms with Crippen LogP contribution in [0.3, 0.4) is 0 Å². The predicted octanol–water partition coefficient (Wildman–Crippen LogP) is 2.85. The number of aryl methyl sites for hydroxylation is 1. The van der Waals surface area contributed by atoms with Gasteiger partial charge in [-0.1, -0.05) is 40.0 Å². The SMILES string of the molecule is Cc1snnc1C(=NOCc1csc(N)n1)c1ccccc1. The zero-order valence-corrected chi connectivity index (χ0v) is 13.4. The van der Waals surface area contributed by atoms with E-state index in [9.17, 15) is 0 Å². The second-order valence-corrected chi connectivity index (χ2v) is 6.28. The Bertz CT molecular complexity index is 781. The van der Waals surface area contributed by atoms with E-state index in [-0.39, 0.29) is 6.61 Å². The molecule has 0 aliphatic heterocycles. The summed E-state index contributed by atoms with van der Waals surface area (Å²) in [5.74, 6) is 0. The van der Waals surface area contributed by atoms with Crippen LogP contribution in [0.15, 0.2) is 40.9 Å². The van der Waals surface area contributed by atoms with Crippen molar-refractivity contribution in [2.45, 2.75) is 13.5 Å². The predicted molar refractivity (Wildman–Crippen MR) is 88.0 cm³/mol. The molecule has 8 heteroatoms. The molecule has 3 aromatic rings. The van der Waals surface area contributed by atoms with Crippen LogP contribution in [-0.2, 0) is 11.4 Å². The number of aromatic nitrogens is 3. The number of benzene rings is 1. The zero-order chi connectivity index (χ0) is 15.4. The van der Waals surface area contributed by atoms with Gasteiger partial charge in [0.25, 0.3) is 0 Å². The lowest BCUT2D eigenvalue weighted by Crippen LogP contribution is -2.07. The minimum Gasteiger partial charge on any atom is -0.389 e. The molecule has 0 unspecified atom stereocenters. The molecule has 1 aromatic carbocycles. The fourth-order valence-electron chi connectivity index (χ4n) is 1.83. The Morgan fingerprint density at radius 3 is 2.77 bits per heavy atom.